The van der Waals surface area contributed by atoms with E-state index in [4.69, 9.17) is 0 Å². The maximum atomic E-state index is 10.7. The predicted octanol–water partition coefficient (Wildman–Crippen LogP) is 1.75. The molecule has 5 heteroatoms. The number of thiophene rings is 1. The van der Waals surface area contributed by atoms with E-state index in [0.29, 0.717) is 13.1 Å². The molecule has 84 valence electrons. The van der Waals surface area contributed by atoms with Gasteiger partial charge in [0.2, 0.25) is 5.91 Å². The fourth-order valence-corrected chi connectivity index (χ4v) is 2.08. The lowest BCUT2D eigenvalue weighted by Gasteiger charge is -2.01. The number of amides is 1. The summed E-state index contributed by atoms with van der Waals surface area (Å²) >= 11 is 1.67. The summed E-state index contributed by atoms with van der Waals surface area (Å²) in [6.07, 6.45) is 1.93. The minimum absolute atomic E-state index is 0.00867. The van der Waals surface area contributed by atoms with E-state index in [9.17, 15) is 4.79 Å². The van der Waals surface area contributed by atoms with Crippen molar-refractivity contribution in [2.24, 2.45) is 0 Å². The first-order chi connectivity index (χ1) is 7.75. The van der Waals surface area contributed by atoms with Gasteiger partial charge in [0.05, 0.1) is 11.4 Å². The van der Waals surface area contributed by atoms with E-state index in [2.05, 4.69) is 10.4 Å². The van der Waals surface area contributed by atoms with Crippen molar-refractivity contribution in [2.45, 2.75) is 13.5 Å². The van der Waals surface area contributed by atoms with Crippen LogP contribution in [0.2, 0.25) is 0 Å². The summed E-state index contributed by atoms with van der Waals surface area (Å²) in [6.45, 7) is 2.83. The summed E-state index contributed by atoms with van der Waals surface area (Å²) in [6, 6.07) is 6.04. The molecule has 4 nitrogen and oxygen atoms in total. The lowest BCUT2D eigenvalue weighted by molar-refractivity contribution is -0.118. The SMILES string of the molecule is CC(=O)NCCn1ccc(-c2cccs2)n1. The fourth-order valence-electron chi connectivity index (χ4n) is 1.39. The van der Waals surface area contributed by atoms with Crippen molar-refractivity contribution in [2.75, 3.05) is 6.54 Å². The molecule has 0 unspecified atom stereocenters. The molecule has 0 aliphatic heterocycles. The zero-order valence-corrected chi connectivity index (χ0v) is 9.83. The Hall–Kier alpha value is -1.62. The van der Waals surface area contributed by atoms with Crippen molar-refractivity contribution >= 4 is 17.2 Å². The van der Waals surface area contributed by atoms with Gasteiger partial charge in [0.15, 0.2) is 0 Å². The van der Waals surface area contributed by atoms with Crippen LogP contribution in [0.4, 0.5) is 0 Å². The first kappa shape index (κ1) is 10.9. The van der Waals surface area contributed by atoms with E-state index in [0.717, 1.165) is 5.69 Å². The molecule has 2 heterocycles. The van der Waals surface area contributed by atoms with Crippen LogP contribution in [0.25, 0.3) is 10.6 Å². The molecule has 0 aliphatic rings. The molecule has 0 fully saturated rings. The molecule has 16 heavy (non-hydrogen) atoms. The van der Waals surface area contributed by atoms with Crippen molar-refractivity contribution in [3.8, 4) is 10.6 Å². The third-order valence-corrected chi connectivity index (χ3v) is 3.02. The second-order valence-electron chi connectivity index (χ2n) is 3.42. The predicted molar refractivity (Wildman–Crippen MR) is 64.2 cm³/mol. The number of nitrogens with one attached hydrogen (secondary N) is 1. The Balaban J connectivity index is 1.95. The van der Waals surface area contributed by atoms with E-state index in [1.54, 1.807) is 11.3 Å². The summed E-state index contributed by atoms with van der Waals surface area (Å²) in [5.41, 5.74) is 0.984. The summed E-state index contributed by atoms with van der Waals surface area (Å²) in [4.78, 5) is 11.9. The van der Waals surface area contributed by atoms with Gasteiger partial charge >= 0.3 is 0 Å². The van der Waals surface area contributed by atoms with E-state index in [1.807, 2.05) is 34.5 Å². The van der Waals surface area contributed by atoms with Gasteiger partial charge in [-0.15, -0.1) is 11.3 Å². The third-order valence-electron chi connectivity index (χ3n) is 2.13. The highest BCUT2D eigenvalue weighted by atomic mass is 32.1. The van der Waals surface area contributed by atoms with Crippen LogP contribution in [0.1, 0.15) is 6.92 Å². The van der Waals surface area contributed by atoms with Gasteiger partial charge in [-0.05, 0) is 17.5 Å². The number of carbonyl (C=O) groups excluding carboxylic acids is 1. The fraction of sp³-hybridized carbons (Fsp3) is 0.273. The summed E-state index contributed by atoms with van der Waals surface area (Å²) in [5, 5.41) is 9.20. The van der Waals surface area contributed by atoms with Crippen LogP contribution in [-0.4, -0.2) is 22.2 Å². The highest BCUT2D eigenvalue weighted by Gasteiger charge is 2.02. The van der Waals surface area contributed by atoms with Crippen molar-refractivity contribution in [3.63, 3.8) is 0 Å². The monoisotopic (exact) mass is 235 g/mol. The molecule has 2 aromatic heterocycles. The average molecular weight is 235 g/mol. The van der Waals surface area contributed by atoms with Crippen LogP contribution >= 0.6 is 11.3 Å². The van der Waals surface area contributed by atoms with Gasteiger partial charge < -0.3 is 5.32 Å². The first-order valence-corrected chi connectivity index (χ1v) is 5.95. The zero-order valence-electron chi connectivity index (χ0n) is 9.01. The van der Waals surface area contributed by atoms with Crippen LogP contribution in [0.3, 0.4) is 0 Å². The molecule has 0 aromatic carbocycles. The number of aromatic nitrogens is 2. The van der Waals surface area contributed by atoms with Gasteiger partial charge in [-0.3, -0.25) is 9.48 Å². The quantitative estimate of drug-likeness (QED) is 0.877. The molecule has 0 spiro atoms. The Morgan fingerprint density at radius 2 is 2.44 bits per heavy atom. The minimum Gasteiger partial charge on any atom is -0.354 e. The first-order valence-electron chi connectivity index (χ1n) is 5.07. The van der Waals surface area contributed by atoms with Gasteiger partial charge in [-0.2, -0.15) is 5.10 Å². The van der Waals surface area contributed by atoms with Gasteiger partial charge in [0, 0.05) is 19.7 Å². The van der Waals surface area contributed by atoms with Crippen LogP contribution in [0.15, 0.2) is 29.8 Å². The number of hydrogen-bond donors (Lipinski definition) is 1. The van der Waals surface area contributed by atoms with E-state index in [-0.39, 0.29) is 5.91 Å². The molecule has 1 amide bonds. The molecule has 0 radical (unpaired) electrons. The summed E-state index contributed by atoms with van der Waals surface area (Å²) in [7, 11) is 0. The largest absolute Gasteiger partial charge is 0.354 e. The Morgan fingerprint density at radius 1 is 1.56 bits per heavy atom. The molecular weight excluding hydrogens is 222 g/mol. The smallest absolute Gasteiger partial charge is 0.216 e. The van der Waals surface area contributed by atoms with Gasteiger partial charge in [-0.25, -0.2) is 0 Å². The number of hydrogen-bond acceptors (Lipinski definition) is 3. The molecule has 1 N–H and O–H groups in total. The van der Waals surface area contributed by atoms with Crippen molar-refractivity contribution in [1.82, 2.24) is 15.1 Å². The minimum atomic E-state index is -0.00867. The Bertz CT molecular complexity index is 461. The topological polar surface area (TPSA) is 46.9 Å². The van der Waals surface area contributed by atoms with Crippen LogP contribution in [0, 0.1) is 0 Å². The number of rotatable bonds is 4. The Labute approximate surface area is 97.9 Å². The van der Waals surface area contributed by atoms with E-state index < -0.39 is 0 Å². The maximum absolute atomic E-state index is 10.7. The highest BCUT2D eigenvalue weighted by Crippen LogP contribution is 2.21. The Morgan fingerprint density at radius 3 is 3.12 bits per heavy atom. The molecule has 0 saturated heterocycles. The Kier molecular flexibility index (Phi) is 3.36. The van der Waals surface area contributed by atoms with E-state index in [1.165, 1.54) is 11.8 Å². The molecule has 0 saturated carbocycles. The number of carbonyl (C=O) groups is 1. The molecule has 2 rings (SSSR count). The zero-order chi connectivity index (χ0) is 11.4. The summed E-state index contributed by atoms with van der Waals surface area (Å²) in [5.74, 6) is -0.00867. The lowest BCUT2D eigenvalue weighted by atomic mass is 10.3. The van der Waals surface area contributed by atoms with Gasteiger partial charge in [-0.1, -0.05) is 6.07 Å². The maximum Gasteiger partial charge on any atom is 0.216 e. The van der Waals surface area contributed by atoms with Gasteiger partial charge in [0.25, 0.3) is 0 Å². The van der Waals surface area contributed by atoms with Crippen LogP contribution < -0.4 is 5.32 Å². The van der Waals surface area contributed by atoms with Crippen LogP contribution in [0.5, 0.6) is 0 Å². The molecule has 2 aromatic rings. The second-order valence-corrected chi connectivity index (χ2v) is 4.37. The average Bonchev–Trinajstić information content (AvgIpc) is 2.85. The molecule has 0 atom stereocenters. The lowest BCUT2D eigenvalue weighted by Crippen LogP contribution is -2.24. The summed E-state index contributed by atoms with van der Waals surface area (Å²) < 4.78 is 1.84. The third kappa shape index (κ3) is 2.70. The van der Waals surface area contributed by atoms with Crippen molar-refractivity contribution in [3.05, 3.63) is 29.8 Å². The highest BCUT2D eigenvalue weighted by molar-refractivity contribution is 7.13. The molecular formula is C11H13N3OS. The van der Waals surface area contributed by atoms with Crippen molar-refractivity contribution in [1.29, 1.82) is 0 Å². The van der Waals surface area contributed by atoms with Crippen molar-refractivity contribution < 1.29 is 4.79 Å². The number of nitrogens with zero attached hydrogens (tertiary/aromatic N) is 2. The van der Waals surface area contributed by atoms with E-state index >= 15 is 0 Å². The molecule has 0 bridgehead atoms. The normalized spacial score (nSPS) is 10.3. The second kappa shape index (κ2) is 4.94. The van der Waals surface area contributed by atoms with Crippen LogP contribution in [-0.2, 0) is 11.3 Å². The van der Waals surface area contributed by atoms with Gasteiger partial charge in [0.1, 0.15) is 5.69 Å². The standard InChI is InChI=1S/C11H13N3OS/c1-9(15)12-5-7-14-6-4-10(13-14)11-3-2-8-16-11/h2-4,6,8H,5,7H2,1H3,(H,12,15). The molecule has 0 aliphatic carbocycles.